The van der Waals surface area contributed by atoms with E-state index in [1.54, 1.807) is 24.3 Å². The molecule has 0 aliphatic heterocycles. The fourth-order valence-corrected chi connectivity index (χ4v) is 3.30. The second kappa shape index (κ2) is 6.66. The van der Waals surface area contributed by atoms with Crippen LogP contribution in [0.4, 0.5) is 5.69 Å². The topological polar surface area (TPSA) is 83.5 Å². The molecule has 6 heteroatoms. The molecule has 2 N–H and O–H groups in total. The third-order valence-corrected chi connectivity index (χ3v) is 4.44. The third kappa shape index (κ3) is 4.69. The highest BCUT2D eigenvalue weighted by Gasteiger charge is 2.14. The van der Waals surface area contributed by atoms with Crippen LogP contribution in [0.1, 0.15) is 16.7 Å². The molecule has 2 aromatic rings. The van der Waals surface area contributed by atoms with Gasteiger partial charge < -0.3 is 5.11 Å². The van der Waals surface area contributed by atoms with Gasteiger partial charge in [-0.05, 0) is 60.9 Å². The average molecular weight is 331 g/mol. The van der Waals surface area contributed by atoms with Crippen molar-refractivity contribution in [1.82, 2.24) is 0 Å². The van der Waals surface area contributed by atoms with Crippen LogP contribution in [-0.2, 0) is 14.8 Å². The number of rotatable bonds is 5. The first kappa shape index (κ1) is 16.8. The Hall–Kier alpha value is -2.60. The molecule has 0 aromatic heterocycles. The van der Waals surface area contributed by atoms with Crippen LogP contribution < -0.4 is 4.72 Å². The van der Waals surface area contributed by atoms with Gasteiger partial charge in [-0.15, -0.1) is 0 Å². The number of anilines is 1. The summed E-state index contributed by atoms with van der Waals surface area (Å²) in [7, 11) is -3.74. The van der Waals surface area contributed by atoms with E-state index >= 15 is 0 Å². The molecule has 0 fully saturated rings. The molecule has 0 radical (unpaired) electrons. The van der Waals surface area contributed by atoms with Crippen molar-refractivity contribution >= 4 is 27.8 Å². The van der Waals surface area contributed by atoms with E-state index in [2.05, 4.69) is 4.72 Å². The van der Waals surface area contributed by atoms with E-state index in [0.717, 1.165) is 17.2 Å². The first-order valence-corrected chi connectivity index (χ1v) is 8.37. The molecule has 2 rings (SSSR count). The van der Waals surface area contributed by atoms with E-state index in [1.807, 2.05) is 19.9 Å². The Kier molecular flexibility index (Phi) is 4.86. The first-order valence-electron chi connectivity index (χ1n) is 6.88. The van der Waals surface area contributed by atoms with Crippen molar-refractivity contribution in [3.05, 3.63) is 65.2 Å². The van der Waals surface area contributed by atoms with Crippen LogP contribution in [0.25, 0.3) is 6.08 Å². The maximum Gasteiger partial charge on any atom is 0.328 e. The maximum absolute atomic E-state index is 12.5. The number of aryl methyl sites for hydroxylation is 2. The summed E-state index contributed by atoms with van der Waals surface area (Å²) in [6.07, 6.45) is 2.31. The standard InChI is InChI=1S/C17H17NO4S/c1-12-8-13(2)10-15(9-12)18-23(21,22)16-5-3-4-14(11-16)6-7-17(19)20/h3-11,18H,1-2H3,(H,19,20)/b7-6+. The lowest BCUT2D eigenvalue weighted by Crippen LogP contribution is -2.13. The molecular formula is C17H17NO4S. The van der Waals surface area contributed by atoms with Gasteiger partial charge in [-0.1, -0.05) is 18.2 Å². The van der Waals surface area contributed by atoms with Crippen LogP contribution in [0.15, 0.2) is 53.4 Å². The number of carboxylic acids is 1. The molecule has 0 aliphatic rings. The SMILES string of the molecule is Cc1cc(C)cc(NS(=O)(=O)c2cccc(/C=C/C(=O)O)c2)c1. The van der Waals surface area contributed by atoms with Gasteiger partial charge in [-0.3, -0.25) is 4.72 Å². The van der Waals surface area contributed by atoms with E-state index in [1.165, 1.54) is 18.2 Å². The van der Waals surface area contributed by atoms with Gasteiger partial charge in [0.25, 0.3) is 10.0 Å². The van der Waals surface area contributed by atoms with Crippen molar-refractivity contribution in [3.63, 3.8) is 0 Å². The third-order valence-electron chi connectivity index (χ3n) is 3.06. The maximum atomic E-state index is 12.5. The highest BCUT2D eigenvalue weighted by Crippen LogP contribution is 2.20. The van der Waals surface area contributed by atoms with Crippen LogP contribution in [-0.4, -0.2) is 19.5 Å². The predicted octanol–water partition coefficient (Wildman–Crippen LogP) is 3.20. The molecule has 5 nitrogen and oxygen atoms in total. The normalized spacial score (nSPS) is 11.6. The Morgan fingerprint density at radius 3 is 2.35 bits per heavy atom. The van der Waals surface area contributed by atoms with E-state index in [4.69, 9.17) is 5.11 Å². The summed E-state index contributed by atoms with van der Waals surface area (Å²) < 4.78 is 27.5. The molecule has 0 saturated carbocycles. The summed E-state index contributed by atoms with van der Waals surface area (Å²) in [5.74, 6) is -1.09. The monoisotopic (exact) mass is 331 g/mol. The molecule has 0 atom stereocenters. The van der Waals surface area contributed by atoms with E-state index in [-0.39, 0.29) is 4.90 Å². The van der Waals surface area contributed by atoms with Crippen LogP contribution in [0.2, 0.25) is 0 Å². The number of sulfonamides is 1. The van der Waals surface area contributed by atoms with Gasteiger partial charge in [-0.2, -0.15) is 0 Å². The molecule has 2 aromatic carbocycles. The minimum Gasteiger partial charge on any atom is -0.478 e. The minimum atomic E-state index is -3.74. The zero-order valence-corrected chi connectivity index (χ0v) is 13.6. The fraction of sp³-hybridized carbons (Fsp3) is 0.118. The van der Waals surface area contributed by atoms with Gasteiger partial charge in [0, 0.05) is 11.8 Å². The van der Waals surface area contributed by atoms with Crippen molar-refractivity contribution in [3.8, 4) is 0 Å². The van der Waals surface area contributed by atoms with Gasteiger partial charge >= 0.3 is 5.97 Å². The largest absolute Gasteiger partial charge is 0.478 e. The van der Waals surface area contributed by atoms with Crippen molar-refractivity contribution in [1.29, 1.82) is 0 Å². The molecule has 0 aliphatic carbocycles. The Balaban J connectivity index is 2.32. The Morgan fingerprint density at radius 1 is 1.09 bits per heavy atom. The number of carbonyl (C=O) groups is 1. The molecule has 0 amide bonds. The first-order chi connectivity index (χ1) is 10.8. The van der Waals surface area contributed by atoms with E-state index < -0.39 is 16.0 Å². The van der Waals surface area contributed by atoms with Crippen molar-refractivity contribution in [2.45, 2.75) is 18.7 Å². The minimum absolute atomic E-state index is 0.0733. The van der Waals surface area contributed by atoms with Crippen molar-refractivity contribution < 1.29 is 18.3 Å². The second-order valence-electron chi connectivity index (χ2n) is 5.23. The Morgan fingerprint density at radius 2 is 1.74 bits per heavy atom. The summed E-state index contributed by atoms with van der Waals surface area (Å²) in [5.41, 5.74) is 2.91. The lowest BCUT2D eigenvalue weighted by Gasteiger charge is -2.10. The summed E-state index contributed by atoms with van der Waals surface area (Å²) in [4.78, 5) is 10.6. The number of carboxylic acid groups (broad SMARTS) is 1. The van der Waals surface area contributed by atoms with Crippen LogP contribution >= 0.6 is 0 Å². The lowest BCUT2D eigenvalue weighted by atomic mass is 10.1. The Labute approximate surface area is 135 Å². The van der Waals surface area contributed by atoms with Crippen molar-refractivity contribution in [2.75, 3.05) is 4.72 Å². The summed E-state index contributed by atoms with van der Waals surface area (Å²) in [6.45, 7) is 3.78. The zero-order chi connectivity index (χ0) is 17.0. The quantitative estimate of drug-likeness (QED) is 0.824. The highest BCUT2D eigenvalue weighted by atomic mass is 32.2. The predicted molar refractivity (Wildman–Crippen MR) is 89.8 cm³/mol. The molecule has 0 saturated heterocycles. The highest BCUT2D eigenvalue weighted by molar-refractivity contribution is 7.92. The van der Waals surface area contributed by atoms with Crippen LogP contribution in [0.5, 0.6) is 0 Å². The van der Waals surface area contributed by atoms with Gasteiger partial charge in [0.05, 0.1) is 4.90 Å². The number of nitrogens with one attached hydrogen (secondary N) is 1. The van der Waals surface area contributed by atoms with Gasteiger partial charge in [0.1, 0.15) is 0 Å². The zero-order valence-electron chi connectivity index (χ0n) is 12.8. The average Bonchev–Trinajstić information content (AvgIpc) is 2.44. The summed E-state index contributed by atoms with van der Waals surface area (Å²) in [5, 5.41) is 8.63. The van der Waals surface area contributed by atoms with Crippen molar-refractivity contribution in [2.24, 2.45) is 0 Å². The lowest BCUT2D eigenvalue weighted by molar-refractivity contribution is -0.131. The number of hydrogen-bond donors (Lipinski definition) is 2. The van der Waals surface area contributed by atoms with E-state index in [9.17, 15) is 13.2 Å². The molecular weight excluding hydrogens is 314 g/mol. The number of hydrogen-bond acceptors (Lipinski definition) is 3. The summed E-state index contributed by atoms with van der Waals surface area (Å²) in [6, 6.07) is 11.5. The van der Waals surface area contributed by atoms with Gasteiger partial charge in [0.15, 0.2) is 0 Å². The molecule has 0 bridgehead atoms. The molecule has 0 unspecified atom stereocenters. The molecule has 0 spiro atoms. The van der Waals surface area contributed by atoms with E-state index in [0.29, 0.717) is 11.3 Å². The molecule has 23 heavy (non-hydrogen) atoms. The van der Waals surface area contributed by atoms with Crippen LogP contribution in [0, 0.1) is 13.8 Å². The molecule has 120 valence electrons. The summed E-state index contributed by atoms with van der Waals surface area (Å²) >= 11 is 0. The Bertz CT molecular complexity index is 850. The smallest absolute Gasteiger partial charge is 0.328 e. The number of aliphatic carboxylic acids is 1. The van der Waals surface area contributed by atoms with Crippen LogP contribution in [0.3, 0.4) is 0 Å². The van der Waals surface area contributed by atoms with Gasteiger partial charge in [0.2, 0.25) is 0 Å². The molecule has 0 heterocycles. The second-order valence-corrected chi connectivity index (χ2v) is 6.91. The van der Waals surface area contributed by atoms with Gasteiger partial charge in [-0.25, -0.2) is 13.2 Å². The number of benzene rings is 2. The fourth-order valence-electron chi connectivity index (χ4n) is 2.20.